The van der Waals surface area contributed by atoms with Crippen LogP contribution in [0, 0.1) is 6.92 Å². The fraction of sp³-hybridized carbons (Fsp3) is 0.375. The van der Waals surface area contributed by atoms with E-state index in [0.717, 1.165) is 36.3 Å². The normalized spacial score (nSPS) is 10.1. The van der Waals surface area contributed by atoms with Crippen LogP contribution in [-0.4, -0.2) is 16.5 Å². The van der Waals surface area contributed by atoms with Gasteiger partial charge in [-0.2, -0.15) is 0 Å². The van der Waals surface area contributed by atoms with E-state index in [2.05, 4.69) is 31.9 Å². The van der Waals surface area contributed by atoms with Gasteiger partial charge in [-0.3, -0.25) is 15.4 Å². The summed E-state index contributed by atoms with van der Waals surface area (Å²) in [6.45, 7) is 6.76. The van der Waals surface area contributed by atoms with E-state index >= 15 is 0 Å². The highest BCUT2D eigenvalue weighted by Gasteiger charge is 2.01. The van der Waals surface area contributed by atoms with Crippen molar-refractivity contribution in [3.8, 4) is 11.4 Å². The van der Waals surface area contributed by atoms with Crippen molar-refractivity contribution in [1.29, 1.82) is 0 Å². The van der Waals surface area contributed by atoms with Crippen molar-refractivity contribution < 1.29 is 0 Å². The van der Waals surface area contributed by atoms with Gasteiger partial charge in [0.15, 0.2) is 0 Å². The van der Waals surface area contributed by atoms with Crippen molar-refractivity contribution in [2.75, 3.05) is 6.54 Å². The lowest BCUT2D eigenvalue weighted by molar-refractivity contribution is 0.640. The maximum atomic E-state index is 4.88. The van der Waals surface area contributed by atoms with Crippen LogP contribution in [0.4, 0.5) is 0 Å². The molecule has 118 valence electrons. The second kappa shape index (κ2) is 10.3. The topological polar surface area (TPSA) is 88.5 Å². The molecule has 0 aliphatic carbocycles. The van der Waals surface area contributed by atoms with E-state index in [9.17, 15) is 0 Å². The summed E-state index contributed by atoms with van der Waals surface area (Å²) in [6.07, 6.45) is 5.62. The largest absolute Gasteiger partial charge is 0.303 e. The molecule has 6 nitrogen and oxygen atoms in total. The molecule has 22 heavy (non-hydrogen) atoms. The van der Waals surface area contributed by atoms with Crippen LogP contribution < -0.4 is 11.3 Å². The highest BCUT2D eigenvalue weighted by atomic mass is 15.5. The number of aryl methyl sites for hydroxylation is 2. The molecule has 0 aliphatic rings. The number of nitrogens with two attached hydrogens (primary N) is 1. The summed E-state index contributed by atoms with van der Waals surface area (Å²) in [6, 6.07) is 8.10. The minimum absolute atomic E-state index is 0.738. The zero-order chi connectivity index (χ0) is 16.2. The van der Waals surface area contributed by atoms with Crippen LogP contribution in [0.2, 0.25) is 0 Å². The Labute approximate surface area is 131 Å². The number of nitrogens with zero attached hydrogens (tertiary/aromatic N) is 4. The van der Waals surface area contributed by atoms with Gasteiger partial charge in [-0.1, -0.05) is 36.4 Å². The molecule has 0 aromatic carbocycles. The molecule has 0 amide bonds. The van der Waals surface area contributed by atoms with E-state index < -0.39 is 0 Å². The Morgan fingerprint density at radius 3 is 2.27 bits per heavy atom. The van der Waals surface area contributed by atoms with Crippen LogP contribution in [-0.2, 0) is 6.42 Å². The first-order chi connectivity index (χ1) is 10.8. The molecule has 0 fully saturated rings. The van der Waals surface area contributed by atoms with Crippen LogP contribution >= 0.6 is 0 Å². The number of nitrogens with one attached hydrogen (secondary N) is 1. The second-order valence-electron chi connectivity index (χ2n) is 4.50. The van der Waals surface area contributed by atoms with Gasteiger partial charge < -0.3 is 5.84 Å². The van der Waals surface area contributed by atoms with Crippen molar-refractivity contribution in [3.05, 3.63) is 47.8 Å². The van der Waals surface area contributed by atoms with Crippen LogP contribution in [0.5, 0.6) is 0 Å². The first kappa shape index (κ1) is 17.6. The SMILES string of the molecule is CC.Cc1ccc(-c2ccc(CCCN/N=N\N)cn2)nc1. The average Bonchev–Trinajstić information content (AvgIpc) is 2.58. The van der Waals surface area contributed by atoms with Gasteiger partial charge in [-0.05, 0) is 43.0 Å². The Hall–Kier alpha value is -2.50. The number of pyridine rings is 2. The van der Waals surface area contributed by atoms with E-state index in [-0.39, 0.29) is 0 Å². The van der Waals surface area contributed by atoms with Gasteiger partial charge in [-0.25, -0.2) is 0 Å². The van der Waals surface area contributed by atoms with Crippen molar-refractivity contribution in [1.82, 2.24) is 15.4 Å². The Morgan fingerprint density at radius 1 is 1.05 bits per heavy atom. The van der Waals surface area contributed by atoms with E-state index in [1.54, 1.807) is 0 Å². The van der Waals surface area contributed by atoms with E-state index in [4.69, 9.17) is 5.84 Å². The summed E-state index contributed by atoms with van der Waals surface area (Å²) < 4.78 is 0. The molecule has 2 aromatic heterocycles. The quantitative estimate of drug-likeness (QED) is 0.371. The van der Waals surface area contributed by atoms with Gasteiger partial charge in [-0.15, -0.1) is 0 Å². The minimum atomic E-state index is 0.738. The van der Waals surface area contributed by atoms with Gasteiger partial charge in [0.1, 0.15) is 0 Å². The third kappa shape index (κ3) is 5.87. The summed E-state index contributed by atoms with van der Waals surface area (Å²) >= 11 is 0. The summed E-state index contributed by atoms with van der Waals surface area (Å²) in [5, 5.41) is 6.62. The fourth-order valence-corrected chi connectivity index (χ4v) is 1.81. The molecule has 0 aliphatic heterocycles. The van der Waals surface area contributed by atoms with E-state index in [0.29, 0.717) is 0 Å². The smallest absolute Gasteiger partial charge is 0.0886 e. The van der Waals surface area contributed by atoms with E-state index in [1.165, 1.54) is 5.56 Å². The maximum absolute atomic E-state index is 4.88. The van der Waals surface area contributed by atoms with Crippen molar-refractivity contribution in [2.24, 2.45) is 16.3 Å². The number of aromatic nitrogens is 2. The van der Waals surface area contributed by atoms with Gasteiger partial charge in [0, 0.05) is 18.9 Å². The first-order valence-corrected chi connectivity index (χ1v) is 7.50. The molecule has 2 aromatic rings. The third-order valence-electron chi connectivity index (χ3n) is 2.88. The van der Waals surface area contributed by atoms with Gasteiger partial charge >= 0.3 is 0 Å². The Morgan fingerprint density at radius 2 is 1.73 bits per heavy atom. The summed E-state index contributed by atoms with van der Waals surface area (Å²) in [7, 11) is 0. The molecule has 2 rings (SSSR count). The summed E-state index contributed by atoms with van der Waals surface area (Å²) in [5.41, 5.74) is 6.87. The lowest BCUT2D eigenvalue weighted by Gasteiger charge is -2.03. The second-order valence-corrected chi connectivity index (χ2v) is 4.50. The zero-order valence-corrected chi connectivity index (χ0v) is 13.5. The lowest BCUT2D eigenvalue weighted by atomic mass is 10.1. The Balaban J connectivity index is 0.00000116. The average molecular weight is 300 g/mol. The highest BCUT2D eigenvalue weighted by Crippen LogP contribution is 2.15. The summed E-state index contributed by atoms with van der Waals surface area (Å²) in [5.74, 6) is 4.88. The summed E-state index contributed by atoms with van der Waals surface area (Å²) in [4.78, 5) is 8.82. The maximum Gasteiger partial charge on any atom is 0.0886 e. The molecular formula is C16H24N6. The minimum Gasteiger partial charge on any atom is -0.303 e. The molecule has 0 bridgehead atoms. The Kier molecular flexibility index (Phi) is 8.18. The molecule has 2 heterocycles. The van der Waals surface area contributed by atoms with Crippen LogP contribution in [0.1, 0.15) is 31.4 Å². The van der Waals surface area contributed by atoms with Gasteiger partial charge in [0.2, 0.25) is 0 Å². The van der Waals surface area contributed by atoms with Crippen molar-refractivity contribution in [3.63, 3.8) is 0 Å². The molecule has 3 N–H and O–H groups in total. The van der Waals surface area contributed by atoms with Crippen molar-refractivity contribution >= 4 is 0 Å². The molecular weight excluding hydrogens is 276 g/mol. The molecule has 0 radical (unpaired) electrons. The highest BCUT2D eigenvalue weighted by molar-refractivity contribution is 5.53. The third-order valence-corrected chi connectivity index (χ3v) is 2.88. The monoisotopic (exact) mass is 300 g/mol. The number of hydrogen-bond acceptors (Lipinski definition) is 4. The number of rotatable bonds is 6. The number of hydrogen-bond donors (Lipinski definition) is 2. The van der Waals surface area contributed by atoms with Gasteiger partial charge in [0.05, 0.1) is 11.4 Å². The van der Waals surface area contributed by atoms with Crippen LogP contribution in [0.3, 0.4) is 0 Å². The molecule has 6 heteroatoms. The molecule has 0 spiro atoms. The van der Waals surface area contributed by atoms with Crippen LogP contribution in [0.15, 0.2) is 47.1 Å². The predicted molar refractivity (Wildman–Crippen MR) is 88.9 cm³/mol. The first-order valence-electron chi connectivity index (χ1n) is 7.50. The molecule has 0 saturated carbocycles. The van der Waals surface area contributed by atoms with Gasteiger partial charge in [0.25, 0.3) is 0 Å². The Bertz CT molecular complexity index is 548. The molecule has 0 unspecified atom stereocenters. The van der Waals surface area contributed by atoms with E-state index in [1.807, 2.05) is 51.4 Å². The molecule has 0 atom stereocenters. The fourth-order valence-electron chi connectivity index (χ4n) is 1.81. The molecule has 0 saturated heterocycles. The predicted octanol–water partition coefficient (Wildman–Crippen LogP) is 3.24. The standard InChI is InChI=1S/C14H18N6.C2H6/c1-11-4-6-13(16-9-11)14-7-5-12(10-17-14)3-2-8-18-20-19-15;1-2/h4-7,9-10H,2-3,8H2,1H3,(H2,15,20)(H,18,19);1-2H3. The lowest BCUT2D eigenvalue weighted by Crippen LogP contribution is -2.08. The van der Waals surface area contributed by atoms with Crippen molar-refractivity contribution in [2.45, 2.75) is 33.6 Å². The van der Waals surface area contributed by atoms with Crippen LogP contribution in [0.25, 0.3) is 11.4 Å². The zero-order valence-electron chi connectivity index (χ0n) is 13.5.